The number of hydrogen-bond acceptors (Lipinski definition) is 4. The molecule has 1 N–H and O–H groups in total. The van der Waals surface area contributed by atoms with Gasteiger partial charge in [0.2, 0.25) is 6.10 Å². The molecule has 0 spiro atoms. The van der Waals surface area contributed by atoms with Crippen LogP contribution in [0.25, 0.3) is 0 Å². The first kappa shape index (κ1) is 17.3. The molecule has 5 nitrogen and oxygen atoms in total. The van der Waals surface area contributed by atoms with Crippen molar-refractivity contribution in [1.82, 2.24) is 0 Å². The number of benzene rings is 1. The lowest BCUT2D eigenvalue weighted by Gasteiger charge is -2.16. The Hall–Kier alpha value is -1.79. The smallest absolute Gasteiger partial charge is 0.412 e. The number of halogens is 3. The number of hydrogen-bond donors (Lipinski definition) is 1. The average molecular weight is 336 g/mol. The minimum Gasteiger partial charge on any atom is -0.466 e. The van der Waals surface area contributed by atoms with Gasteiger partial charge in [0.15, 0.2) is 0 Å². The Bertz CT molecular complexity index is 592. The summed E-state index contributed by atoms with van der Waals surface area (Å²) in [4.78, 5) is 23.1. The van der Waals surface area contributed by atoms with Crippen molar-refractivity contribution in [2.24, 2.45) is 0 Å². The fraction of sp³-hybridized carbons (Fsp3) is 0.231. The Morgan fingerprint density at radius 2 is 1.95 bits per heavy atom. The summed E-state index contributed by atoms with van der Waals surface area (Å²) in [6, 6.07) is 2.24. The van der Waals surface area contributed by atoms with E-state index in [2.05, 4.69) is 16.6 Å². The van der Waals surface area contributed by atoms with Crippen molar-refractivity contribution in [1.29, 1.82) is 0 Å². The second-order valence-corrected chi connectivity index (χ2v) is 4.76. The van der Waals surface area contributed by atoms with E-state index in [1.165, 1.54) is 13.0 Å². The molecule has 0 aromatic heterocycles. The monoisotopic (exact) mass is 335 g/mol. The van der Waals surface area contributed by atoms with Gasteiger partial charge in [-0.2, -0.15) is 0 Å². The van der Waals surface area contributed by atoms with Crippen molar-refractivity contribution >= 4 is 41.0 Å². The molecule has 0 bridgehead atoms. The van der Waals surface area contributed by atoms with Gasteiger partial charge in [-0.15, -0.1) is 0 Å². The van der Waals surface area contributed by atoms with Crippen LogP contribution in [0.3, 0.4) is 0 Å². The molecular weight excluding hydrogens is 324 g/mol. The van der Waals surface area contributed by atoms with E-state index in [1.807, 2.05) is 0 Å². The fourth-order valence-corrected chi connectivity index (χ4v) is 1.69. The van der Waals surface area contributed by atoms with E-state index in [0.29, 0.717) is 0 Å². The zero-order valence-corrected chi connectivity index (χ0v) is 12.7. The van der Waals surface area contributed by atoms with Crippen LogP contribution < -0.4 is 5.32 Å². The van der Waals surface area contributed by atoms with Crippen molar-refractivity contribution < 1.29 is 23.5 Å². The van der Waals surface area contributed by atoms with Crippen LogP contribution in [0.4, 0.5) is 14.9 Å². The van der Waals surface area contributed by atoms with Crippen LogP contribution in [0, 0.1) is 5.82 Å². The Kier molecular flexibility index (Phi) is 5.99. The quantitative estimate of drug-likeness (QED) is 0.516. The molecule has 1 amide bonds. The summed E-state index contributed by atoms with van der Waals surface area (Å²) in [7, 11) is 1.15. The molecule has 1 atom stereocenters. The molecule has 0 heterocycles. The van der Waals surface area contributed by atoms with Crippen molar-refractivity contribution in [3.63, 3.8) is 0 Å². The van der Waals surface area contributed by atoms with Crippen molar-refractivity contribution in [3.8, 4) is 0 Å². The first-order valence-corrected chi connectivity index (χ1v) is 6.37. The number of ether oxygens (including phenoxy) is 2. The van der Waals surface area contributed by atoms with Gasteiger partial charge in [-0.1, -0.05) is 29.8 Å². The predicted octanol–water partition coefficient (Wildman–Crippen LogP) is 3.80. The molecule has 0 aliphatic rings. The fourth-order valence-electron chi connectivity index (χ4n) is 1.33. The van der Waals surface area contributed by atoms with Gasteiger partial charge in [0, 0.05) is 0 Å². The second kappa shape index (κ2) is 7.28. The van der Waals surface area contributed by atoms with Crippen LogP contribution in [0.5, 0.6) is 0 Å². The summed E-state index contributed by atoms with van der Waals surface area (Å²) in [6.07, 6.45) is -2.25. The molecule has 0 radical (unpaired) electrons. The molecule has 1 aromatic carbocycles. The van der Waals surface area contributed by atoms with Gasteiger partial charge in [-0.25, -0.2) is 14.0 Å². The third-order valence-corrected chi connectivity index (χ3v) is 3.22. The van der Waals surface area contributed by atoms with Crippen LogP contribution in [0.1, 0.15) is 6.92 Å². The summed E-state index contributed by atoms with van der Waals surface area (Å²) in [5.41, 5.74) is 0.318. The van der Waals surface area contributed by atoms with Crippen molar-refractivity contribution in [3.05, 3.63) is 40.1 Å². The highest BCUT2D eigenvalue weighted by Crippen LogP contribution is 2.32. The number of carbonyl (C=O) groups is 2. The predicted molar refractivity (Wildman–Crippen MR) is 77.1 cm³/mol. The van der Waals surface area contributed by atoms with Gasteiger partial charge in [0.05, 0.1) is 22.8 Å². The van der Waals surface area contributed by atoms with E-state index < -0.39 is 24.0 Å². The van der Waals surface area contributed by atoms with E-state index in [0.717, 1.165) is 13.2 Å². The largest absolute Gasteiger partial charge is 0.466 e. The summed E-state index contributed by atoms with van der Waals surface area (Å²) < 4.78 is 22.5. The Labute approximate surface area is 130 Å². The normalized spacial score (nSPS) is 11.5. The van der Waals surface area contributed by atoms with E-state index in [4.69, 9.17) is 27.9 Å². The zero-order chi connectivity index (χ0) is 16.2. The molecule has 21 heavy (non-hydrogen) atoms. The molecule has 0 aliphatic carbocycles. The van der Waals surface area contributed by atoms with E-state index in [1.54, 1.807) is 0 Å². The highest BCUT2D eigenvalue weighted by atomic mass is 35.5. The molecule has 114 valence electrons. The van der Waals surface area contributed by atoms with Gasteiger partial charge in [0.1, 0.15) is 5.82 Å². The average Bonchev–Trinajstić information content (AvgIpc) is 2.44. The Balaban J connectivity index is 2.84. The minimum absolute atomic E-state index is 0.0402. The maximum Gasteiger partial charge on any atom is 0.412 e. The molecular formula is C13H12Cl2FNO4. The van der Waals surface area contributed by atoms with E-state index in [-0.39, 0.29) is 21.3 Å². The number of rotatable bonds is 4. The maximum atomic E-state index is 13.1. The highest BCUT2D eigenvalue weighted by Gasteiger charge is 2.25. The molecule has 1 unspecified atom stereocenters. The lowest BCUT2D eigenvalue weighted by molar-refractivity contribution is -0.148. The number of nitrogens with one attached hydrogen (secondary N) is 1. The lowest BCUT2D eigenvalue weighted by atomic mass is 10.2. The molecule has 1 rings (SSSR count). The maximum absolute atomic E-state index is 13.1. The standard InChI is InChI=1S/C13H12Cl2FNO4/c1-6(2)11(12(18)20-3)21-13(19)17-8-5-4-7(16)9(14)10(8)15/h4-5,11H,1H2,2-3H3,(H,17,19). The first-order chi connectivity index (χ1) is 9.77. The molecule has 8 heteroatoms. The second-order valence-electron chi connectivity index (χ2n) is 4.00. The topological polar surface area (TPSA) is 64.6 Å². The Morgan fingerprint density at radius 1 is 1.33 bits per heavy atom. The SMILES string of the molecule is C=C(C)C(OC(=O)Nc1ccc(F)c(Cl)c1Cl)C(=O)OC. The van der Waals surface area contributed by atoms with E-state index >= 15 is 0 Å². The van der Waals surface area contributed by atoms with Gasteiger partial charge in [-0.3, -0.25) is 5.32 Å². The number of carbonyl (C=O) groups excluding carboxylic acids is 2. The van der Waals surface area contributed by atoms with Crippen molar-refractivity contribution in [2.45, 2.75) is 13.0 Å². The van der Waals surface area contributed by atoms with Crippen molar-refractivity contribution in [2.75, 3.05) is 12.4 Å². The number of amides is 1. The third kappa shape index (κ3) is 4.34. The number of methoxy groups -OCH3 is 1. The van der Waals surface area contributed by atoms with Crippen LogP contribution in [0.15, 0.2) is 24.3 Å². The van der Waals surface area contributed by atoms with Gasteiger partial charge >= 0.3 is 12.1 Å². The van der Waals surface area contributed by atoms with Gasteiger partial charge < -0.3 is 9.47 Å². The van der Waals surface area contributed by atoms with E-state index in [9.17, 15) is 14.0 Å². The van der Waals surface area contributed by atoms with Crippen LogP contribution in [-0.2, 0) is 14.3 Å². The van der Waals surface area contributed by atoms with Gasteiger partial charge in [-0.05, 0) is 24.6 Å². The lowest BCUT2D eigenvalue weighted by Crippen LogP contribution is -2.31. The van der Waals surface area contributed by atoms with Crippen LogP contribution >= 0.6 is 23.2 Å². The summed E-state index contributed by atoms with van der Waals surface area (Å²) in [5, 5.41) is 1.73. The summed E-state index contributed by atoms with van der Waals surface area (Å²) in [5.74, 6) is -1.50. The first-order valence-electron chi connectivity index (χ1n) is 5.62. The Morgan fingerprint density at radius 3 is 2.48 bits per heavy atom. The molecule has 0 fully saturated rings. The highest BCUT2D eigenvalue weighted by molar-refractivity contribution is 6.44. The zero-order valence-electron chi connectivity index (χ0n) is 11.2. The van der Waals surface area contributed by atoms with Crippen LogP contribution in [-0.4, -0.2) is 25.3 Å². The summed E-state index contributed by atoms with van der Waals surface area (Å²) >= 11 is 11.4. The molecule has 0 saturated heterocycles. The molecule has 1 aromatic rings. The number of esters is 1. The minimum atomic E-state index is -1.26. The van der Waals surface area contributed by atoms with Gasteiger partial charge in [0.25, 0.3) is 0 Å². The summed E-state index contributed by atoms with van der Waals surface area (Å²) in [6.45, 7) is 5.02. The molecule has 0 aliphatic heterocycles. The van der Waals surface area contributed by atoms with Crippen LogP contribution in [0.2, 0.25) is 10.0 Å². The number of anilines is 1. The molecule has 0 saturated carbocycles. The third-order valence-electron chi connectivity index (χ3n) is 2.36.